The van der Waals surface area contributed by atoms with Crippen LogP contribution in [0, 0.1) is 5.82 Å². The molecule has 0 saturated carbocycles. The van der Waals surface area contributed by atoms with E-state index in [-0.39, 0.29) is 24.8 Å². The van der Waals surface area contributed by atoms with Gasteiger partial charge in [-0.05, 0) is 37.7 Å². The molecule has 0 heterocycles. The predicted molar refractivity (Wildman–Crippen MR) is 96.8 cm³/mol. The van der Waals surface area contributed by atoms with E-state index in [4.69, 9.17) is 4.74 Å². The number of carbonyl (C=O) groups excluding carboxylic acids is 1. The number of ether oxygens (including phenoxy) is 1. The Hall–Kier alpha value is -2.40. The van der Waals surface area contributed by atoms with Crippen molar-refractivity contribution in [2.45, 2.75) is 20.0 Å². The van der Waals surface area contributed by atoms with Crippen molar-refractivity contribution in [3.8, 4) is 5.75 Å². The molecule has 0 atom stereocenters. The van der Waals surface area contributed by atoms with Crippen LogP contribution in [-0.2, 0) is 17.9 Å². The highest BCUT2D eigenvalue weighted by Gasteiger charge is 2.14. The molecule has 0 radical (unpaired) electrons. The average Bonchev–Trinajstić information content (AvgIpc) is 2.58. The maximum absolute atomic E-state index is 13.7. The van der Waals surface area contributed by atoms with Crippen LogP contribution in [0.1, 0.15) is 18.1 Å². The van der Waals surface area contributed by atoms with Crippen molar-refractivity contribution in [1.82, 2.24) is 9.80 Å². The zero-order valence-corrected chi connectivity index (χ0v) is 15.0. The fourth-order valence-electron chi connectivity index (χ4n) is 2.55. The van der Waals surface area contributed by atoms with Crippen molar-refractivity contribution in [3.63, 3.8) is 0 Å². The molecule has 2 rings (SSSR count). The minimum atomic E-state index is -0.287. The number of rotatable bonds is 8. The fourth-order valence-corrected chi connectivity index (χ4v) is 2.55. The molecule has 0 N–H and O–H groups in total. The van der Waals surface area contributed by atoms with Crippen LogP contribution >= 0.6 is 0 Å². The molecule has 0 saturated heterocycles. The lowest BCUT2D eigenvalue weighted by Gasteiger charge is -2.22. The van der Waals surface area contributed by atoms with Gasteiger partial charge in [-0.1, -0.05) is 30.3 Å². The molecular formula is C20H25FN2O2. The second kappa shape index (κ2) is 9.18. The molecule has 5 heteroatoms. The molecule has 2 aromatic rings. The Morgan fingerprint density at radius 3 is 2.36 bits per heavy atom. The normalized spacial score (nSPS) is 10.8. The molecule has 4 nitrogen and oxygen atoms in total. The lowest BCUT2D eigenvalue weighted by atomic mass is 10.2. The van der Waals surface area contributed by atoms with E-state index >= 15 is 0 Å². The topological polar surface area (TPSA) is 32.8 Å². The Bertz CT molecular complexity index is 688. The predicted octanol–water partition coefficient (Wildman–Crippen LogP) is 3.31. The van der Waals surface area contributed by atoms with Gasteiger partial charge in [0.1, 0.15) is 11.6 Å². The number of likely N-dealkylation sites (N-methyl/N-ethyl adjacent to an activating group) is 2. The van der Waals surface area contributed by atoms with Crippen molar-refractivity contribution in [1.29, 1.82) is 0 Å². The monoisotopic (exact) mass is 344 g/mol. The number of amides is 1. The molecule has 0 unspecified atom stereocenters. The van der Waals surface area contributed by atoms with Crippen LogP contribution < -0.4 is 4.74 Å². The van der Waals surface area contributed by atoms with E-state index < -0.39 is 0 Å². The first-order chi connectivity index (χ1) is 12.0. The molecule has 0 spiro atoms. The molecule has 0 fully saturated rings. The highest BCUT2D eigenvalue weighted by molar-refractivity contribution is 5.77. The summed E-state index contributed by atoms with van der Waals surface area (Å²) in [6.07, 6.45) is 0. The molecule has 134 valence electrons. The molecule has 0 bridgehead atoms. The van der Waals surface area contributed by atoms with Crippen molar-refractivity contribution in [2.75, 3.05) is 27.2 Å². The van der Waals surface area contributed by atoms with Gasteiger partial charge in [0.05, 0.1) is 13.2 Å². The molecule has 0 aliphatic carbocycles. The summed E-state index contributed by atoms with van der Waals surface area (Å²) in [5, 5.41) is 0. The Kier molecular flexibility index (Phi) is 6.95. The summed E-state index contributed by atoms with van der Waals surface area (Å²) in [5.74, 6) is 0.510. The third-order valence-electron chi connectivity index (χ3n) is 3.88. The van der Waals surface area contributed by atoms with E-state index in [2.05, 4.69) is 0 Å². The summed E-state index contributed by atoms with van der Waals surface area (Å²) in [5.41, 5.74) is 1.63. The maximum Gasteiger partial charge on any atom is 0.236 e. The SMILES string of the molecule is CCOc1ccc(CN(C)CC(=O)N(C)Cc2ccccc2F)cc1. The summed E-state index contributed by atoms with van der Waals surface area (Å²) < 4.78 is 19.1. The number of halogens is 1. The van der Waals surface area contributed by atoms with Crippen LogP contribution in [0.4, 0.5) is 4.39 Å². The Balaban J connectivity index is 1.85. The van der Waals surface area contributed by atoms with E-state index in [0.29, 0.717) is 18.7 Å². The van der Waals surface area contributed by atoms with Gasteiger partial charge in [0.2, 0.25) is 5.91 Å². The number of benzene rings is 2. The Morgan fingerprint density at radius 2 is 1.72 bits per heavy atom. The van der Waals surface area contributed by atoms with Gasteiger partial charge in [0.15, 0.2) is 0 Å². The van der Waals surface area contributed by atoms with Crippen LogP contribution in [0.15, 0.2) is 48.5 Å². The second-order valence-corrected chi connectivity index (χ2v) is 6.09. The Morgan fingerprint density at radius 1 is 1.04 bits per heavy atom. The quantitative estimate of drug-likeness (QED) is 0.736. The largest absolute Gasteiger partial charge is 0.494 e. The minimum Gasteiger partial charge on any atom is -0.494 e. The number of nitrogens with zero attached hydrogens (tertiary/aromatic N) is 2. The third kappa shape index (κ3) is 5.87. The van der Waals surface area contributed by atoms with E-state index in [9.17, 15) is 9.18 Å². The number of hydrogen-bond donors (Lipinski definition) is 0. The lowest BCUT2D eigenvalue weighted by Crippen LogP contribution is -2.36. The summed E-state index contributed by atoms with van der Waals surface area (Å²) in [6.45, 7) is 3.79. The first kappa shape index (κ1) is 18.9. The van der Waals surface area contributed by atoms with Gasteiger partial charge in [-0.15, -0.1) is 0 Å². The molecule has 25 heavy (non-hydrogen) atoms. The second-order valence-electron chi connectivity index (χ2n) is 6.09. The van der Waals surface area contributed by atoms with Gasteiger partial charge in [-0.25, -0.2) is 4.39 Å². The van der Waals surface area contributed by atoms with Crippen LogP contribution in [0.5, 0.6) is 5.75 Å². The van der Waals surface area contributed by atoms with Crippen molar-refractivity contribution >= 4 is 5.91 Å². The van der Waals surface area contributed by atoms with Crippen LogP contribution in [0.2, 0.25) is 0 Å². The van der Waals surface area contributed by atoms with Gasteiger partial charge in [0.25, 0.3) is 0 Å². The van der Waals surface area contributed by atoms with E-state index in [1.807, 2.05) is 43.1 Å². The van der Waals surface area contributed by atoms with Gasteiger partial charge in [-0.3, -0.25) is 9.69 Å². The maximum atomic E-state index is 13.7. The van der Waals surface area contributed by atoms with Gasteiger partial charge < -0.3 is 9.64 Å². The van der Waals surface area contributed by atoms with Gasteiger partial charge >= 0.3 is 0 Å². The highest BCUT2D eigenvalue weighted by Crippen LogP contribution is 2.13. The first-order valence-corrected chi connectivity index (χ1v) is 8.37. The van der Waals surface area contributed by atoms with E-state index in [1.165, 1.54) is 6.07 Å². The zero-order valence-electron chi connectivity index (χ0n) is 15.0. The summed E-state index contributed by atoms with van der Waals surface area (Å²) in [7, 11) is 3.59. The molecular weight excluding hydrogens is 319 g/mol. The lowest BCUT2D eigenvalue weighted by molar-refractivity contribution is -0.131. The van der Waals surface area contributed by atoms with Crippen LogP contribution in [0.25, 0.3) is 0 Å². The summed E-state index contributed by atoms with van der Waals surface area (Å²) >= 11 is 0. The highest BCUT2D eigenvalue weighted by atomic mass is 19.1. The van der Waals surface area contributed by atoms with Gasteiger partial charge in [-0.2, -0.15) is 0 Å². The summed E-state index contributed by atoms with van der Waals surface area (Å²) in [4.78, 5) is 15.8. The van der Waals surface area contributed by atoms with Gasteiger partial charge in [0, 0.05) is 25.7 Å². The molecule has 0 aromatic heterocycles. The van der Waals surface area contributed by atoms with Crippen molar-refractivity contribution < 1.29 is 13.9 Å². The van der Waals surface area contributed by atoms with Crippen molar-refractivity contribution in [3.05, 3.63) is 65.5 Å². The zero-order chi connectivity index (χ0) is 18.2. The Labute approximate surface area is 148 Å². The molecule has 0 aliphatic heterocycles. The standard InChI is InChI=1S/C20H25FN2O2/c1-4-25-18-11-9-16(10-12-18)13-22(2)15-20(24)23(3)14-17-7-5-6-8-19(17)21/h5-12H,4,13-15H2,1-3H3. The third-order valence-corrected chi connectivity index (χ3v) is 3.88. The first-order valence-electron chi connectivity index (χ1n) is 8.37. The number of hydrogen-bond acceptors (Lipinski definition) is 3. The molecule has 0 aliphatic rings. The van der Waals surface area contributed by atoms with Crippen molar-refractivity contribution in [2.24, 2.45) is 0 Å². The number of carbonyl (C=O) groups is 1. The summed E-state index contributed by atoms with van der Waals surface area (Å²) in [6, 6.07) is 14.4. The average molecular weight is 344 g/mol. The van der Waals surface area contributed by atoms with Crippen LogP contribution in [0.3, 0.4) is 0 Å². The molecule has 2 aromatic carbocycles. The minimum absolute atomic E-state index is 0.0447. The van der Waals surface area contributed by atoms with E-state index in [0.717, 1.165) is 11.3 Å². The smallest absolute Gasteiger partial charge is 0.236 e. The fraction of sp³-hybridized carbons (Fsp3) is 0.350. The molecule has 1 amide bonds. The van der Waals surface area contributed by atoms with E-state index in [1.54, 1.807) is 30.1 Å². The van der Waals surface area contributed by atoms with Crippen LogP contribution in [-0.4, -0.2) is 43.0 Å².